The maximum absolute atomic E-state index is 13.0. The van der Waals surface area contributed by atoms with Crippen LogP contribution in [0.2, 0.25) is 0 Å². The first kappa shape index (κ1) is 14.6. The summed E-state index contributed by atoms with van der Waals surface area (Å²) in [5.41, 5.74) is 0.604. The Morgan fingerprint density at radius 2 is 2.06 bits per heavy atom. The van der Waals surface area contributed by atoms with Gasteiger partial charge in [-0.25, -0.2) is 8.78 Å². The van der Waals surface area contributed by atoms with E-state index in [1.165, 1.54) is 6.07 Å². The lowest BCUT2D eigenvalue weighted by Crippen LogP contribution is -2.42. The summed E-state index contributed by atoms with van der Waals surface area (Å²) >= 11 is 0. The average molecular weight is 256 g/mol. The molecule has 18 heavy (non-hydrogen) atoms. The van der Waals surface area contributed by atoms with Gasteiger partial charge in [0.2, 0.25) is 5.91 Å². The van der Waals surface area contributed by atoms with Gasteiger partial charge >= 0.3 is 0 Å². The van der Waals surface area contributed by atoms with Gasteiger partial charge in [-0.2, -0.15) is 0 Å². The molecule has 1 aromatic carbocycles. The standard InChI is InChI=1S/C13H18F2N2O/c1-4-17(3)13(18)9(2)16-8-10-5-6-11(14)12(15)7-10/h5-7,9,16H,4,8H2,1-3H3. The van der Waals surface area contributed by atoms with Gasteiger partial charge in [0, 0.05) is 20.1 Å². The molecule has 0 saturated heterocycles. The van der Waals surface area contributed by atoms with Gasteiger partial charge in [0.25, 0.3) is 0 Å². The predicted octanol–water partition coefficient (Wildman–Crippen LogP) is 1.92. The van der Waals surface area contributed by atoms with Crippen LogP contribution in [-0.2, 0) is 11.3 Å². The molecular formula is C13H18F2N2O. The van der Waals surface area contributed by atoms with Crippen molar-refractivity contribution in [2.24, 2.45) is 0 Å². The zero-order valence-corrected chi connectivity index (χ0v) is 10.8. The Balaban J connectivity index is 2.54. The van der Waals surface area contributed by atoms with Crippen LogP contribution in [0.5, 0.6) is 0 Å². The number of halogens is 2. The predicted molar refractivity (Wildman–Crippen MR) is 66.0 cm³/mol. The van der Waals surface area contributed by atoms with Crippen LogP contribution >= 0.6 is 0 Å². The maximum Gasteiger partial charge on any atom is 0.239 e. The monoisotopic (exact) mass is 256 g/mol. The summed E-state index contributed by atoms with van der Waals surface area (Å²) in [4.78, 5) is 13.3. The molecule has 1 unspecified atom stereocenters. The molecule has 0 aliphatic heterocycles. The van der Waals surface area contributed by atoms with Gasteiger partial charge in [-0.15, -0.1) is 0 Å². The molecule has 0 aliphatic carbocycles. The molecule has 1 amide bonds. The molecule has 3 nitrogen and oxygen atoms in total. The first-order valence-corrected chi connectivity index (χ1v) is 5.88. The van der Waals surface area contributed by atoms with Crippen LogP contribution < -0.4 is 5.32 Å². The maximum atomic E-state index is 13.0. The molecule has 1 atom stereocenters. The van der Waals surface area contributed by atoms with E-state index in [0.717, 1.165) is 12.1 Å². The van der Waals surface area contributed by atoms with E-state index in [2.05, 4.69) is 5.32 Å². The van der Waals surface area contributed by atoms with E-state index in [4.69, 9.17) is 0 Å². The fourth-order valence-electron chi connectivity index (χ4n) is 1.49. The number of nitrogens with one attached hydrogen (secondary N) is 1. The lowest BCUT2D eigenvalue weighted by atomic mass is 10.2. The van der Waals surface area contributed by atoms with Gasteiger partial charge in [0.05, 0.1) is 6.04 Å². The minimum Gasteiger partial charge on any atom is -0.345 e. The van der Waals surface area contributed by atoms with E-state index < -0.39 is 11.6 Å². The lowest BCUT2D eigenvalue weighted by Gasteiger charge is -2.20. The Kier molecular flexibility index (Phi) is 5.22. The summed E-state index contributed by atoms with van der Waals surface area (Å²) in [5, 5.41) is 2.98. The summed E-state index contributed by atoms with van der Waals surface area (Å²) in [6, 6.07) is 3.34. The van der Waals surface area contributed by atoms with Gasteiger partial charge in [0.15, 0.2) is 11.6 Å². The van der Waals surface area contributed by atoms with Crippen LogP contribution in [0.4, 0.5) is 8.78 Å². The van der Waals surface area contributed by atoms with Gasteiger partial charge in [-0.05, 0) is 31.5 Å². The fourth-order valence-corrected chi connectivity index (χ4v) is 1.49. The molecule has 0 saturated carbocycles. The summed E-state index contributed by atoms with van der Waals surface area (Å²) in [6.45, 7) is 4.59. The minimum absolute atomic E-state index is 0.0277. The highest BCUT2D eigenvalue weighted by atomic mass is 19.2. The number of hydrogen-bond donors (Lipinski definition) is 1. The number of rotatable bonds is 5. The first-order chi connectivity index (χ1) is 8.45. The topological polar surface area (TPSA) is 32.3 Å². The van der Waals surface area contributed by atoms with Gasteiger partial charge in [-0.1, -0.05) is 6.07 Å². The zero-order valence-electron chi connectivity index (χ0n) is 10.8. The lowest BCUT2D eigenvalue weighted by molar-refractivity contribution is -0.131. The SMILES string of the molecule is CCN(C)C(=O)C(C)NCc1ccc(F)c(F)c1. The number of amides is 1. The van der Waals surface area contributed by atoms with Crippen molar-refractivity contribution in [3.63, 3.8) is 0 Å². The Hall–Kier alpha value is -1.49. The van der Waals surface area contributed by atoms with Crippen molar-refractivity contribution in [2.45, 2.75) is 26.4 Å². The Bertz CT molecular complexity index is 423. The van der Waals surface area contributed by atoms with Crippen molar-refractivity contribution in [3.8, 4) is 0 Å². The summed E-state index contributed by atoms with van der Waals surface area (Å²) in [5.74, 6) is -1.77. The molecule has 0 radical (unpaired) electrons. The quantitative estimate of drug-likeness (QED) is 0.873. The van der Waals surface area contributed by atoms with Gasteiger partial charge in [-0.3, -0.25) is 4.79 Å². The number of benzene rings is 1. The smallest absolute Gasteiger partial charge is 0.239 e. The first-order valence-electron chi connectivity index (χ1n) is 5.88. The van der Waals surface area contributed by atoms with E-state index in [9.17, 15) is 13.6 Å². The second-order valence-corrected chi connectivity index (χ2v) is 4.20. The highest BCUT2D eigenvalue weighted by molar-refractivity contribution is 5.81. The summed E-state index contributed by atoms with van der Waals surface area (Å²) in [6.07, 6.45) is 0. The summed E-state index contributed by atoms with van der Waals surface area (Å²) < 4.78 is 25.7. The molecule has 0 heterocycles. The third-order valence-corrected chi connectivity index (χ3v) is 2.82. The molecule has 0 spiro atoms. The highest BCUT2D eigenvalue weighted by Crippen LogP contribution is 2.08. The number of hydrogen-bond acceptors (Lipinski definition) is 2. The molecule has 1 N–H and O–H groups in total. The number of nitrogens with zero attached hydrogens (tertiary/aromatic N) is 1. The Labute approximate surface area is 106 Å². The van der Waals surface area contributed by atoms with Gasteiger partial charge in [0.1, 0.15) is 0 Å². The average Bonchev–Trinajstić information content (AvgIpc) is 2.37. The van der Waals surface area contributed by atoms with Crippen LogP contribution in [0.25, 0.3) is 0 Å². The molecule has 5 heteroatoms. The molecule has 0 bridgehead atoms. The van der Waals surface area contributed by atoms with Crippen LogP contribution in [0, 0.1) is 11.6 Å². The second kappa shape index (κ2) is 6.44. The van der Waals surface area contributed by atoms with E-state index in [0.29, 0.717) is 18.7 Å². The van der Waals surface area contributed by atoms with Crippen molar-refractivity contribution in [1.29, 1.82) is 0 Å². The molecule has 100 valence electrons. The van der Waals surface area contributed by atoms with Crippen LogP contribution in [0.1, 0.15) is 19.4 Å². The third kappa shape index (κ3) is 3.77. The molecule has 1 aromatic rings. The van der Waals surface area contributed by atoms with Crippen molar-refractivity contribution in [3.05, 3.63) is 35.4 Å². The van der Waals surface area contributed by atoms with E-state index in [1.54, 1.807) is 18.9 Å². The second-order valence-electron chi connectivity index (χ2n) is 4.20. The third-order valence-electron chi connectivity index (χ3n) is 2.82. The normalized spacial score (nSPS) is 12.3. The van der Waals surface area contributed by atoms with Crippen LogP contribution in [0.15, 0.2) is 18.2 Å². The van der Waals surface area contributed by atoms with Gasteiger partial charge < -0.3 is 10.2 Å². The van der Waals surface area contributed by atoms with E-state index >= 15 is 0 Å². The minimum atomic E-state index is -0.876. The molecule has 0 fully saturated rings. The number of carbonyl (C=O) groups is 1. The van der Waals surface area contributed by atoms with Crippen LogP contribution in [0.3, 0.4) is 0 Å². The fraction of sp³-hybridized carbons (Fsp3) is 0.462. The van der Waals surface area contributed by atoms with Crippen molar-refractivity contribution in [1.82, 2.24) is 10.2 Å². The molecule has 0 aliphatic rings. The summed E-state index contributed by atoms with van der Waals surface area (Å²) in [7, 11) is 1.72. The number of carbonyl (C=O) groups excluding carboxylic acids is 1. The van der Waals surface area contributed by atoms with Crippen molar-refractivity contribution in [2.75, 3.05) is 13.6 Å². The van der Waals surface area contributed by atoms with Crippen LogP contribution in [-0.4, -0.2) is 30.4 Å². The largest absolute Gasteiger partial charge is 0.345 e. The van der Waals surface area contributed by atoms with Crippen molar-refractivity contribution < 1.29 is 13.6 Å². The molecule has 0 aromatic heterocycles. The zero-order chi connectivity index (χ0) is 13.7. The van der Waals surface area contributed by atoms with Crippen molar-refractivity contribution >= 4 is 5.91 Å². The van der Waals surface area contributed by atoms with E-state index in [-0.39, 0.29) is 11.9 Å². The Morgan fingerprint density at radius 1 is 1.39 bits per heavy atom. The highest BCUT2D eigenvalue weighted by Gasteiger charge is 2.15. The molecule has 1 rings (SSSR count). The molecular weight excluding hydrogens is 238 g/mol. The number of likely N-dealkylation sites (N-methyl/N-ethyl adjacent to an activating group) is 1. The van der Waals surface area contributed by atoms with E-state index in [1.807, 2.05) is 6.92 Å². The Morgan fingerprint density at radius 3 is 2.61 bits per heavy atom.